The molecule has 1 aromatic carbocycles. The number of nitrogens with two attached hydrogens (primary N) is 1. The zero-order chi connectivity index (χ0) is 13.1. The van der Waals surface area contributed by atoms with E-state index in [2.05, 4.69) is 23.1 Å². The maximum atomic E-state index is 5.76. The van der Waals surface area contributed by atoms with Crippen LogP contribution < -0.4 is 10.6 Å². The van der Waals surface area contributed by atoms with E-state index < -0.39 is 0 Å². The van der Waals surface area contributed by atoms with Gasteiger partial charge in [-0.25, -0.2) is 0 Å². The lowest BCUT2D eigenvalue weighted by molar-refractivity contribution is 0.545. The maximum absolute atomic E-state index is 5.76. The smallest absolute Gasteiger partial charge is 0.298 e. The fraction of sp³-hybridized carbons (Fsp3) is 0.462. The number of fused-ring (bicyclic) bond motifs is 1. The minimum Gasteiger partial charge on any atom is -0.423 e. The van der Waals surface area contributed by atoms with Crippen molar-refractivity contribution in [1.29, 1.82) is 0 Å². The van der Waals surface area contributed by atoms with Gasteiger partial charge < -0.3 is 15.1 Å². The second kappa shape index (κ2) is 5.52. The van der Waals surface area contributed by atoms with Crippen LogP contribution in [0.15, 0.2) is 22.6 Å². The molecule has 0 radical (unpaired) electrons. The summed E-state index contributed by atoms with van der Waals surface area (Å²) in [5, 5.41) is 0. The zero-order valence-electron chi connectivity index (χ0n) is 11.0. The van der Waals surface area contributed by atoms with Crippen molar-refractivity contribution in [2.24, 2.45) is 0 Å². The van der Waals surface area contributed by atoms with Crippen LogP contribution in [0.1, 0.15) is 13.3 Å². The molecule has 0 saturated carbocycles. The SMILES string of the molecule is CCC(CSC)N(C)c1nc2cc(N)ccc2o1. The highest BCUT2D eigenvalue weighted by Gasteiger charge is 2.17. The fourth-order valence-electron chi connectivity index (χ4n) is 1.94. The van der Waals surface area contributed by atoms with Gasteiger partial charge in [-0.15, -0.1) is 0 Å². The van der Waals surface area contributed by atoms with Gasteiger partial charge in [0, 0.05) is 24.5 Å². The molecule has 1 atom stereocenters. The first-order valence-corrected chi connectivity index (χ1v) is 7.43. The fourth-order valence-corrected chi connectivity index (χ4v) is 2.78. The van der Waals surface area contributed by atoms with Crippen molar-refractivity contribution in [2.75, 3.05) is 29.7 Å². The Kier molecular flexibility index (Phi) is 4.01. The van der Waals surface area contributed by atoms with Crippen LogP contribution in [0.2, 0.25) is 0 Å². The van der Waals surface area contributed by atoms with E-state index in [0.29, 0.717) is 17.7 Å². The molecule has 0 bridgehead atoms. The largest absolute Gasteiger partial charge is 0.423 e. The van der Waals surface area contributed by atoms with E-state index in [-0.39, 0.29) is 0 Å². The Morgan fingerprint density at radius 2 is 2.28 bits per heavy atom. The number of oxazole rings is 1. The lowest BCUT2D eigenvalue weighted by Crippen LogP contribution is -2.33. The van der Waals surface area contributed by atoms with Crippen LogP contribution in [-0.4, -0.2) is 30.1 Å². The van der Waals surface area contributed by atoms with Gasteiger partial charge in [0.05, 0.1) is 0 Å². The number of benzene rings is 1. The van der Waals surface area contributed by atoms with Crippen molar-refractivity contribution in [1.82, 2.24) is 4.98 Å². The van der Waals surface area contributed by atoms with Crippen LogP contribution in [0.3, 0.4) is 0 Å². The predicted octanol–water partition coefficient (Wildman–Crippen LogP) is 2.99. The molecule has 0 amide bonds. The quantitative estimate of drug-likeness (QED) is 0.842. The van der Waals surface area contributed by atoms with E-state index in [0.717, 1.165) is 23.3 Å². The molecule has 2 rings (SSSR count). The van der Waals surface area contributed by atoms with Crippen LogP contribution in [-0.2, 0) is 0 Å². The van der Waals surface area contributed by atoms with E-state index in [1.165, 1.54) is 0 Å². The average molecular weight is 265 g/mol. The molecule has 98 valence electrons. The van der Waals surface area contributed by atoms with Gasteiger partial charge in [-0.1, -0.05) is 6.92 Å². The minimum absolute atomic E-state index is 0.436. The summed E-state index contributed by atoms with van der Waals surface area (Å²) in [6, 6.07) is 6.63. The highest BCUT2D eigenvalue weighted by Crippen LogP contribution is 2.25. The minimum atomic E-state index is 0.436. The Balaban J connectivity index is 2.29. The molecular formula is C13H19N3OS. The summed E-state index contributed by atoms with van der Waals surface area (Å²) in [6.07, 6.45) is 3.18. The van der Waals surface area contributed by atoms with Crippen molar-refractivity contribution in [3.05, 3.63) is 18.2 Å². The lowest BCUT2D eigenvalue weighted by Gasteiger charge is -2.24. The monoisotopic (exact) mass is 265 g/mol. The van der Waals surface area contributed by atoms with Gasteiger partial charge in [0.15, 0.2) is 5.58 Å². The molecular weight excluding hydrogens is 246 g/mol. The second-order valence-electron chi connectivity index (χ2n) is 4.35. The first-order valence-electron chi connectivity index (χ1n) is 6.03. The summed E-state index contributed by atoms with van der Waals surface area (Å²) in [5.41, 5.74) is 8.05. The molecule has 5 heteroatoms. The van der Waals surface area contributed by atoms with Crippen molar-refractivity contribution >= 4 is 34.6 Å². The summed E-state index contributed by atoms with van der Waals surface area (Å²) in [6.45, 7) is 2.18. The predicted molar refractivity (Wildman–Crippen MR) is 79.3 cm³/mol. The lowest BCUT2D eigenvalue weighted by atomic mass is 10.2. The molecule has 0 saturated heterocycles. The Bertz CT molecular complexity index is 526. The number of aromatic nitrogens is 1. The Labute approximate surface area is 112 Å². The molecule has 1 unspecified atom stereocenters. The summed E-state index contributed by atoms with van der Waals surface area (Å²) >= 11 is 1.84. The Hall–Kier alpha value is -1.36. The van der Waals surface area contributed by atoms with E-state index in [4.69, 9.17) is 10.2 Å². The van der Waals surface area contributed by atoms with Gasteiger partial charge in [0.25, 0.3) is 6.01 Å². The average Bonchev–Trinajstić information content (AvgIpc) is 2.77. The third-order valence-electron chi connectivity index (χ3n) is 3.08. The van der Waals surface area contributed by atoms with Crippen molar-refractivity contribution in [3.8, 4) is 0 Å². The molecule has 4 nitrogen and oxygen atoms in total. The van der Waals surface area contributed by atoms with Gasteiger partial charge in [-0.2, -0.15) is 16.7 Å². The number of anilines is 2. The van der Waals surface area contributed by atoms with E-state index >= 15 is 0 Å². The number of hydrogen-bond acceptors (Lipinski definition) is 5. The van der Waals surface area contributed by atoms with Crippen LogP contribution in [0.25, 0.3) is 11.1 Å². The third-order valence-corrected chi connectivity index (χ3v) is 3.80. The summed E-state index contributed by atoms with van der Waals surface area (Å²) in [5.74, 6) is 1.06. The molecule has 18 heavy (non-hydrogen) atoms. The standard InChI is InChI=1S/C13H19N3OS/c1-4-10(8-18-3)16(2)13-15-11-7-9(14)5-6-12(11)17-13/h5-7,10H,4,8,14H2,1-3H3. The Morgan fingerprint density at radius 3 is 2.94 bits per heavy atom. The number of nitrogen functional groups attached to an aromatic ring is 1. The summed E-state index contributed by atoms with van der Waals surface area (Å²) in [4.78, 5) is 6.60. The Morgan fingerprint density at radius 1 is 1.50 bits per heavy atom. The normalized spacial score (nSPS) is 12.8. The van der Waals surface area contributed by atoms with Gasteiger partial charge in [0.2, 0.25) is 0 Å². The number of rotatable bonds is 5. The molecule has 1 aromatic heterocycles. The molecule has 0 fully saturated rings. The third kappa shape index (κ3) is 2.56. The van der Waals surface area contributed by atoms with Crippen LogP contribution in [0, 0.1) is 0 Å². The van der Waals surface area contributed by atoms with Crippen molar-refractivity contribution < 1.29 is 4.42 Å². The summed E-state index contributed by atoms with van der Waals surface area (Å²) in [7, 11) is 2.03. The van der Waals surface area contributed by atoms with Crippen LogP contribution >= 0.6 is 11.8 Å². The van der Waals surface area contributed by atoms with Crippen molar-refractivity contribution in [2.45, 2.75) is 19.4 Å². The first-order chi connectivity index (χ1) is 8.65. The summed E-state index contributed by atoms with van der Waals surface area (Å²) < 4.78 is 5.76. The molecule has 0 aliphatic rings. The van der Waals surface area contributed by atoms with E-state index in [9.17, 15) is 0 Å². The molecule has 0 aliphatic carbocycles. The molecule has 2 aromatic rings. The van der Waals surface area contributed by atoms with Gasteiger partial charge in [0.1, 0.15) is 5.52 Å². The second-order valence-corrected chi connectivity index (χ2v) is 5.26. The van der Waals surface area contributed by atoms with Gasteiger partial charge in [-0.05, 0) is 30.9 Å². The molecule has 0 spiro atoms. The zero-order valence-corrected chi connectivity index (χ0v) is 11.8. The highest BCUT2D eigenvalue weighted by molar-refractivity contribution is 7.98. The van der Waals surface area contributed by atoms with E-state index in [1.807, 2.05) is 37.0 Å². The van der Waals surface area contributed by atoms with E-state index in [1.54, 1.807) is 0 Å². The van der Waals surface area contributed by atoms with Crippen molar-refractivity contribution in [3.63, 3.8) is 0 Å². The van der Waals surface area contributed by atoms with Gasteiger partial charge >= 0.3 is 0 Å². The first kappa shape index (κ1) is 13.1. The maximum Gasteiger partial charge on any atom is 0.298 e. The highest BCUT2D eigenvalue weighted by atomic mass is 32.2. The van der Waals surface area contributed by atoms with Crippen LogP contribution in [0.5, 0.6) is 0 Å². The number of hydrogen-bond donors (Lipinski definition) is 1. The number of thioether (sulfide) groups is 1. The van der Waals surface area contributed by atoms with Gasteiger partial charge in [-0.3, -0.25) is 0 Å². The number of nitrogens with zero attached hydrogens (tertiary/aromatic N) is 2. The van der Waals surface area contributed by atoms with Crippen LogP contribution in [0.4, 0.5) is 11.7 Å². The topological polar surface area (TPSA) is 55.3 Å². The molecule has 2 N–H and O–H groups in total. The molecule has 0 aliphatic heterocycles. The molecule has 1 heterocycles.